The van der Waals surface area contributed by atoms with Gasteiger partial charge in [0.05, 0.1) is 22.7 Å². The normalized spacial score (nSPS) is 11.2. The van der Waals surface area contributed by atoms with E-state index in [1.807, 2.05) is 69.3 Å². The molecule has 5 nitrogen and oxygen atoms in total. The molecule has 1 amide bonds. The lowest BCUT2D eigenvalue weighted by molar-refractivity contribution is 0.102. The van der Waals surface area contributed by atoms with Gasteiger partial charge in [-0.2, -0.15) is 0 Å². The molecule has 0 saturated heterocycles. The number of anilines is 2. The van der Waals surface area contributed by atoms with Gasteiger partial charge in [-0.25, -0.2) is 8.42 Å². The Morgan fingerprint density at radius 3 is 2.11 bits per heavy atom. The predicted molar refractivity (Wildman–Crippen MR) is 141 cm³/mol. The fourth-order valence-corrected chi connectivity index (χ4v) is 5.26. The minimum Gasteiger partial charge on any atom is -0.322 e. The highest BCUT2D eigenvalue weighted by Crippen LogP contribution is 2.30. The van der Waals surface area contributed by atoms with E-state index in [1.165, 1.54) is 4.31 Å². The minimum absolute atomic E-state index is 0.0883. The van der Waals surface area contributed by atoms with Crippen molar-refractivity contribution in [2.24, 2.45) is 0 Å². The molecule has 0 saturated carbocycles. The van der Waals surface area contributed by atoms with Crippen molar-refractivity contribution in [3.8, 4) is 0 Å². The van der Waals surface area contributed by atoms with E-state index < -0.39 is 10.0 Å². The van der Waals surface area contributed by atoms with E-state index in [9.17, 15) is 13.2 Å². The topological polar surface area (TPSA) is 66.5 Å². The maximum Gasteiger partial charge on any atom is 0.264 e. The number of para-hydroxylation sites is 1. The molecule has 0 atom stereocenters. The number of sulfonamides is 1. The number of hydrogen-bond acceptors (Lipinski definition) is 3. The molecule has 0 aliphatic carbocycles. The van der Waals surface area contributed by atoms with E-state index >= 15 is 0 Å². The molecule has 0 heterocycles. The van der Waals surface area contributed by atoms with Crippen LogP contribution in [0.2, 0.25) is 0 Å². The average molecular weight is 485 g/mol. The van der Waals surface area contributed by atoms with Crippen LogP contribution in [0, 0.1) is 20.8 Å². The summed E-state index contributed by atoms with van der Waals surface area (Å²) in [6.07, 6.45) is 0. The highest BCUT2D eigenvalue weighted by Gasteiger charge is 2.28. The van der Waals surface area contributed by atoms with Gasteiger partial charge in [-0.15, -0.1) is 0 Å². The lowest BCUT2D eigenvalue weighted by Crippen LogP contribution is -2.32. The molecular weight excluding hydrogens is 456 g/mol. The Balaban J connectivity index is 1.78. The second kappa shape index (κ2) is 10.2. The van der Waals surface area contributed by atoms with Crippen molar-refractivity contribution >= 4 is 27.3 Å². The first-order chi connectivity index (χ1) is 16.8. The molecule has 178 valence electrons. The van der Waals surface area contributed by atoms with Crippen molar-refractivity contribution in [3.05, 3.63) is 125 Å². The highest BCUT2D eigenvalue weighted by molar-refractivity contribution is 7.92. The van der Waals surface area contributed by atoms with Gasteiger partial charge in [-0.05, 0) is 73.9 Å². The van der Waals surface area contributed by atoms with Gasteiger partial charge in [-0.1, -0.05) is 66.2 Å². The molecule has 35 heavy (non-hydrogen) atoms. The van der Waals surface area contributed by atoms with Gasteiger partial charge in [0.25, 0.3) is 15.9 Å². The maximum absolute atomic E-state index is 13.9. The van der Waals surface area contributed by atoms with E-state index in [0.29, 0.717) is 11.4 Å². The van der Waals surface area contributed by atoms with Crippen LogP contribution in [0.25, 0.3) is 0 Å². The number of nitrogens with one attached hydrogen (secondary N) is 1. The fraction of sp³-hybridized carbons (Fsp3) is 0.138. The molecule has 0 unspecified atom stereocenters. The Morgan fingerprint density at radius 2 is 1.43 bits per heavy atom. The van der Waals surface area contributed by atoms with E-state index in [0.717, 1.165) is 22.3 Å². The van der Waals surface area contributed by atoms with E-state index in [2.05, 4.69) is 5.32 Å². The van der Waals surface area contributed by atoms with Gasteiger partial charge in [-0.3, -0.25) is 9.10 Å². The largest absolute Gasteiger partial charge is 0.322 e. The summed E-state index contributed by atoms with van der Waals surface area (Å²) in [4.78, 5) is 13.5. The van der Waals surface area contributed by atoms with Crippen LogP contribution in [0.1, 0.15) is 32.6 Å². The zero-order chi connectivity index (χ0) is 25.0. The second-order valence-electron chi connectivity index (χ2n) is 8.58. The fourth-order valence-electron chi connectivity index (χ4n) is 3.79. The minimum atomic E-state index is -3.96. The van der Waals surface area contributed by atoms with Crippen LogP contribution in [-0.2, 0) is 16.6 Å². The Hall–Kier alpha value is -3.90. The Morgan fingerprint density at radius 1 is 0.771 bits per heavy atom. The molecule has 4 aromatic rings. The molecule has 0 bridgehead atoms. The summed E-state index contributed by atoms with van der Waals surface area (Å²) in [7, 11) is -3.96. The smallest absolute Gasteiger partial charge is 0.264 e. The van der Waals surface area contributed by atoms with Gasteiger partial charge in [0.1, 0.15) is 0 Å². The first-order valence-electron chi connectivity index (χ1n) is 11.4. The van der Waals surface area contributed by atoms with Gasteiger partial charge in [0.15, 0.2) is 0 Å². The van der Waals surface area contributed by atoms with Gasteiger partial charge in [0.2, 0.25) is 0 Å². The van der Waals surface area contributed by atoms with Crippen molar-refractivity contribution in [2.45, 2.75) is 32.2 Å². The standard InChI is InChI=1S/C29H28N2O3S/c1-21-13-17-26(18-14-21)35(33,34)31(20-24-9-5-4-6-10-24)28-12-8-7-11-27(28)29(32)30-25-16-15-22(2)23(3)19-25/h4-19H,20H2,1-3H3,(H,30,32). The average Bonchev–Trinajstić information content (AvgIpc) is 2.85. The van der Waals surface area contributed by atoms with Crippen LogP contribution in [0.4, 0.5) is 11.4 Å². The van der Waals surface area contributed by atoms with E-state index in [-0.39, 0.29) is 22.9 Å². The number of aryl methyl sites for hydroxylation is 3. The third-order valence-electron chi connectivity index (χ3n) is 5.96. The number of amides is 1. The summed E-state index contributed by atoms with van der Waals surface area (Å²) < 4.78 is 29.0. The Labute approximate surface area is 207 Å². The van der Waals surface area contributed by atoms with Crippen LogP contribution in [-0.4, -0.2) is 14.3 Å². The van der Waals surface area contributed by atoms with Crippen LogP contribution in [0.5, 0.6) is 0 Å². The van der Waals surface area contributed by atoms with Crippen LogP contribution >= 0.6 is 0 Å². The summed E-state index contributed by atoms with van der Waals surface area (Å²) in [5.41, 5.74) is 5.21. The molecule has 1 N–H and O–H groups in total. The molecule has 0 aromatic heterocycles. The van der Waals surface area contributed by atoms with E-state index in [1.54, 1.807) is 48.5 Å². The van der Waals surface area contributed by atoms with Crippen LogP contribution in [0.3, 0.4) is 0 Å². The Kier molecular flexibility index (Phi) is 7.03. The Bertz CT molecular complexity index is 1450. The number of rotatable bonds is 7. The molecule has 0 radical (unpaired) electrons. The number of nitrogens with zero attached hydrogens (tertiary/aromatic N) is 1. The van der Waals surface area contributed by atoms with Crippen LogP contribution < -0.4 is 9.62 Å². The maximum atomic E-state index is 13.9. The molecule has 4 rings (SSSR count). The molecule has 6 heteroatoms. The van der Waals surface area contributed by atoms with Crippen molar-refractivity contribution < 1.29 is 13.2 Å². The second-order valence-corrected chi connectivity index (χ2v) is 10.4. The van der Waals surface area contributed by atoms with Gasteiger partial charge >= 0.3 is 0 Å². The predicted octanol–water partition coefficient (Wildman–Crippen LogP) is 6.26. The van der Waals surface area contributed by atoms with Crippen molar-refractivity contribution in [1.29, 1.82) is 0 Å². The number of benzene rings is 4. The number of hydrogen-bond donors (Lipinski definition) is 1. The third-order valence-corrected chi connectivity index (χ3v) is 7.73. The summed E-state index contributed by atoms with van der Waals surface area (Å²) in [6, 6.07) is 28.6. The van der Waals surface area contributed by atoms with Crippen molar-refractivity contribution in [3.63, 3.8) is 0 Å². The lowest BCUT2D eigenvalue weighted by atomic mass is 10.1. The molecule has 0 fully saturated rings. The van der Waals surface area contributed by atoms with E-state index in [4.69, 9.17) is 0 Å². The quantitative estimate of drug-likeness (QED) is 0.337. The van der Waals surface area contributed by atoms with Crippen LogP contribution in [0.15, 0.2) is 102 Å². The third kappa shape index (κ3) is 5.44. The number of carbonyl (C=O) groups excluding carboxylic acids is 1. The number of carbonyl (C=O) groups is 1. The first kappa shape index (κ1) is 24.2. The lowest BCUT2D eigenvalue weighted by Gasteiger charge is -2.27. The first-order valence-corrected chi connectivity index (χ1v) is 12.8. The summed E-state index contributed by atoms with van der Waals surface area (Å²) in [5.74, 6) is -0.374. The zero-order valence-corrected chi connectivity index (χ0v) is 20.8. The molecule has 0 aliphatic heterocycles. The summed E-state index contributed by atoms with van der Waals surface area (Å²) >= 11 is 0. The van der Waals surface area contributed by atoms with Crippen molar-refractivity contribution in [1.82, 2.24) is 0 Å². The molecule has 0 spiro atoms. The highest BCUT2D eigenvalue weighted by atomic mass is 32.2. The summed E-state index contributed by atoms with van der Waals surface area (Å²) in [6.45, 7) is 5.98. The summed E-state index contributed by atoms with van der Waals surface area (Å²) in [5, 5.41) is 2.92. The monoisotopic (exact) mass is 484 g/mol. The van der Waals surface area contributed by atoms with Gasteiger partial charge in [0, 0.05) is 5.69 Å². The van der Waals surface area contributed by atoms with Crippen molar-refractivity contribution in [2.75, 3.05) is 9.62 Å². The SMILES string of the molecule is Cc1ccc(S(=O)(=O)N(Cc2ccccc2)c2ccccc2C(=O)Nc2ccc(C)c(C)c2)cc1. The molecule has 4 aromatic carbocycles. The van der Waals surface area contributed by atoms with Gasteiger partial charge < -0.3 is 5.32 Å². The molecular formula is C29H28N2O3S. The molecule has 0 aliphatic rings. The zero-order valence-electron chi connectivity index (χ0n) is 20.0.